The van der Waals surface area contributed by atoms with Crippen molar-refractivity contribution in [3.05, 3.63) is 65.5 Å². The Labute approximate surface area is 178 Å². The molecule has 1 atom stereocenters. The van der Waals surface area contributed by atoms with Crippen molar-refractivity contribution < 1.29 is 22.8 Å². The second-order valence-corrected chi connectivity index (χ2v) is 7.79. The maximum atomic E-state index is 12.8. The topological polar surface area (TPSA) is 56.8 Å². The number of benzene rings is 1. The zero-order valence-electron chi connectivity index (χ0n) is 16.9. The van der Waals surface area contributed by atoms with Crippen LogP contribution in [0.25, 0.3) is 0 Å². The molecule has 0 N–H and O–H groups in total. The Bertz CT molecular complexity index is 926. The van der Waals surface area contributed by atoms with E-state index in [0.717, 1.165) is 24.2 Å². The van der Waals surface area contributed by atoms with Crippen molar-refractivity contribution in [3.63, 3.8) is 0 Å². The minimum absolute atomic E-state index is 0.0770. The summed E-state index contributed by atoms with van der Waals surface area (Å²) < 4.78 is 38.1. The third-order valence-electron chi connectivity index (χ3n) is 5.85. The molecule has 2 aliphatic heterocycles. The summed E-state index contributed by atoms with van der Waals surface area (Å²) in [5.41, 5.74) is 0.312. The molecule has 31 heavy (non-hydrogen) atoms. The molecule has 3 heterocycles. The molecular formula is C22H23F3N4O2. The van der Waals surface area contributed by atoms with Gasteiger partial charge >= 0.3 is 6.18 Å². The highest BCUT2D eigenvalue weighted by atomic mass is 19.4. The van der Waals surface area contributed by atoms with Gasteiger partial charge < -0.3 is 9.80 Å². The van der Waals surface area contributed by atoms with Gasteiger partial charge in [0, 0.05) is 44.5 Å². The van der Waals surface area contributed by atoms with Crippen molar-refractivity contribution in [3.8, 4) is 0 Å². The predicted octanol–water partition coefficient (Wildman–Crippen LogP) is 2.66. The molecule has 2 aromatic rings. The molecule has 0 aliphatic carbocycles. The number of likely N-dealkylation sites (tertiary alicyclic amines) is 1. The number of rotatable bonds is 4. The first kappa shape index (κ1) is 21.3. The Balaban J connectivity index is 1.31. The Morgan fingerprint density at radius 1 is 1.00 bits per heavy atom. The van der Waals surface area contributed by atoms with Gasteiger partial charge in [0.2, 0.25) is 5.91 Å². The van der Waals surface area contributed by atoms with Crippen molar-refractivity contribution in [2.75, 3.05) is 32.7 Å². The van der Waals surface area contributed by atoms with E-state index in [-0.39, 0.29) is 23.4 Å². The van der Waals surface area contributed by atoms with E-state index in [0.29, 0.717) is 39.3 Å². The number of carbonyl (C=O) groups is 2. The number of nitrogens with zero attached hydrogens (tertiary/aromatic N) is 4. The van der Waals surface area contributed by atoms with Crippen LogP contribution in [0.15, 0.2) is 48.7 Å². The van der Waals surface area contributed by atoms with Gasteiger partial charge in [-0.25, -0.2) is 0 Å². The number of aromatic nitrogens is 1. The number of amides is 2. The lowest BCUT2D eigenvalue weighted by Crippen LogP contribution is -2.53. The fourth-order valence-electron chi connectivity index (χ4n) is 4.13. The van der Waals surface area contributed by atoms with Gasteiger partial charge in [0.15, 0.2) is 0 Å². The first-order chi connectivity index (χ1) is 14.8. The van der Waals surface area contributed by atoms with Gasteiger partial charge in [-0.3, -0.25) is 19.5 Å². The molecule has 2 amide bonds. The van der Waals surface area contributed by atoms with Crippen LogP contribution in [0.5, 0.6) is 0 Å². The quantitative estimate of drug-likeness (QED) is 0.746. The van der Waals surface area contributed by atoms with Crippen LogP contribution in [-0.2, 0) is 17.5 Å². The molecule has 1 aromatic carbocycles. The minimum atomic E-state index is -4.43. The standard InChI is InChI=1S/C22H23F3N4O2/c23-22(24,25)17-6-4-16(5-7-17)20(30)28-13-11-27(12-14-28)19-8-10-29(21(19)31)15-18-3-1-2-9-26-18/h1-7,9,19H,8,10-15H2. The Morgan fingerprint density at radius 3 is 2.32 bits per heavy atom. The number of halogens is 3. The van der Waals surface area contributed by atoms with Crippen LogP contribution in [-0.4, -0.2) is 70.3 Å². The average molecular weight is 432 g/mol. The van der Waals surface area contributed by atoms with E-state index in [2.05, 4.69) is 9.88 Å². The molecular weight excluding hydrogens is 409 g/mol. The molecule has 2 aliphatic rings. The van der Waals surface area contributed by atoms with Crippen LogP contribution >= 0.6 is 0 Å². The van der Waals surface area contributed by atoms with Gasteiger partial charge in [-0.1, -0.05) is 6.07 Å². The van der Waals surface area contributed by atoms with Gasteiger partial charge in [0.25, 0.3) is 5.91 Å². The smallest absolute Gasteiger partial charge is 0.336 e. The van der Waals surface area contributed by atoms with Crippen molar-refractivity contribution in [1.82, 2.24) is 19.7 Å². The Kier molecular flexibility index (Phi) is 5.95. The largest absolute Gasteiger partial charge is 0.416 e. The third-order valence-corrected chi connectivity index (χ3v) is 5.85. The fraction of sp³-hybridized carbons (Fsp3) is 0.409. The molecule has 0 bridgehead atoms. The van der Waals surface area contributed by atoms with Gasteiger partial charge in [0.1, 0.15) is 0 Å². The van der Waals surface area contributed by atoms with Crippen LogP contribution in [0.4, 0.5) is 13.2 Å². The molecule has 164 valence electrons. The monoisotopic (exact) mass is 432 g/mol. The summed E-state index contributed by atoms with van der Waals surface area (Å²) in [4.78, 5) is 35.3. The lowest BCUT2D eigenvalue weighted by molar-refractivity contribution is -0.137. The number of hydrogen-bond donors (Lipinski definition) is 0. The second kappa shape index (κ2) is 8.66. The van der Waals surface area contributed by atoms with E-state index in [1.807, 2.05) is 23.1 Å². The highest BCUT2D eigenvalue weighted by molar-refractivity contribution is 5.94. The van der Waals surface area contributed by atoms with Gasteiger partial charge in [0.05, 0.1) is 23.8 Å². The molecule has 1 unspecified atom stereocenters. The second-order valence-electron chi connectivity index (χ2n) is 7.79. The molecule has 0 saturated carbocycles. The normalized spacial score (nSPS) is 20.4. The maximum absolute atomic E-state index is 12.8. The van der Waals surface area contributed by atoms with Crippen LogP contribution in [0.1, 0.15) is 28.0 Å². The van der Waals surface area contributed by atoms with Crippen LogP contribution < -0.4 is 0 Å². The first-order valence-corrected chi connectivity index (χ1v) is 10.2. The molecule has 6 nitrogen and oxygen atoms in total. The van der Waals surface area contributed by atoms with Crippen LogP contribution in [0.2, 0.25) is 0 Å². The molecule has 0 spiro atoms. The Morgan fingerprint density at radius 2 is 1.71 bits per heavy atom. The van der Waals surface area contributed by atoms with E-state index >= 15 is 0 Å². The Hall–Kier alpha value is -2.94. The molecule has 2 saturated heterocycles. The SMILES string of the molecule is O=C(c1ccc(C(F)(F)F)cc1)N1CCN(C2CCN(Cc3ccccn3)C2=O)CC1. The van der Waals surface area contributed by atoms with Gasteiger partial charge in [-0.2, -0.15) is 13.2 Å². The number of pyridine rings is 1. The molecule has 0 radical (unpaired) electrons. The molecule has 2 fully saturated rings. The van der Waals surface area contributed by atoms with E-state index < -0.39 is 11.7 Å². The predicted molar refractivity (Wildman–Crippen MR) is 107 cm³/mol. The highest BCUT2D eigenvalue weighted by Crippen LogP contribution is 2.29. The third kappa shape index (κ3) is 4.71. The highest BCUT2D eigenvalue weighted by Gasteiger charge is 2.38. The summed E-state index contributed by atoms with van der Waals surface area (Å²) in [6, 6.07) is 9.71. The van der Waals surface area contributed by atoms with Gasteiger partial charge in [-0.05, 0) is 42.8 Å². The number of alkyl halides is 3. The first-order valence-electron chi connectivity index (χ1n) is 10.2. The zero-order valence-corrected chi connectivity index (χ0v) is 16.9. The summed E-state index contributed by atoms with van der Waals surface area (Å²) in [6.45, 7) is 3.14. The number of carbonyl (C=O) groups excluding carboxylic acids is 2. The van der Waals surface area contributed by atoms with Crippen molar-refractivity contribution in [1.29, 1.82) is 0 Å². The number of hydrogen-bond acceptors (Lipinski definition) is 4. The van der Waals surface area contributed by atoms with E-state index in [9.17, 15) is 22.8 Å². The molecule has 1 aromatic heterocycles. The minimum Gasteiger partial charge on any atom is -0.336 e. The lowest BCUT2D eigenvalue weighted by atomic mass is 10.1. The maximum Gasteiger partial charge on any atom is 0.416 e. The zero-order chi connectivity index (χ0) is 22.0. The summed E-state index contributed by atoms with van der Waals surface area (Å²) in [7, 11) is 0. The lowest BCUT2D eigenvalue weighted by Gasteiger charge is -2.37. The van der Waals surface area contributed by atoms with Crippen molar-refractivity contribution in [2.24, 2.45) is 0 Å². The van der Waals surface area contributed by atoms with E-state index in [1.165, 1.54) is 12.1 Å². The molecule has 4 rings (SSSR count). The summed E-state index contributed by atoms with van der Waals surface area (Å²) in [6.07, 6.45) is -1.98. The van der Waals surface area contributed by atoms with Crippen LogP contribution in [0.3, 0.4) is 0 Å². The van der Waals surface area contributed by atoms with Crippen molar-refractivity contribution >= 4 is 11.8 Å². The van der Waals surface area contributed by atoms with Crippen molar-refractivity contribution in [2.45, 2.75) is 25.2 Å². The summed E-state index contributed by atoms with van der Waals surface area (Å²) in [5, 5.41) is 0. The molecule has 9 heteroatoms. The summed E-state index contributed by atoms with van der Waals surface area (Å²) >= 11 is 0. The number of piperazine rings is 1. The summed E-state index contributed by atoms with van der Waals surface area (Å²) in [5.74, 6) is -0.212. The van der Waals surface area contributed by atoms with E-state index in [4.69, 9.17) is 0 Å². The average Bonchev–Trinajstić information content (AvgIpc) is 3.13. The fourth-order valence-corrected chi connectivity index (χ4v) is 4.13. The van der Waals surface area contributed by atoms with Crippen LogP contribution in [0, 0.1) is 0 Å². The van der Waals surface area contributed by atoms with E-state index in [1.54, 1.807) is 11.1 Å². The van der Waals surface area contributed by atoms with Gasteiger partial charge in [-0.15, -0.1) is 0 Å².